The Kier molecular flexibility index (Phi) is 2.33. The van der Waals surface area contributed by atoms with Crippen molar-refractivity contribution in [3.8, 4) is 0 Å². The third-order valence-electron chi connectivity index (χ3n) is 2.36. The van der Waals surface area contributed by atoms with Crippen molar-refractivity contribution in [2.24, 2.45) is 11.3 Å². The topological polar surface area (TPSA) is 0 Å². The highest BCUT2D eigenvalue weighted by molar-refractivity contribution is 5.14. The Bertz CT molecular complexity index is 188. The highest BCUT2D eigenvalue weighted by Gasteiger charge is 2.26. The second kappa shape index (κ2) is 3.08. The van der Waals surface area contributed by atoms with E-state index in [1.54, 1.807) is 0 Å². The van der Waals surface area contributed by atoms with Crippen molar-refractivity contribution in [3.63, 3.8) is 0 Å². The van der Waals surface area contributed by atoms with E-state index in [1.165, 1.54) is 6.42 Å². The molecule has 60 valence electrons. The molecule has 0 aromatic rings. The standard InChI is InChI=1S/C11H16/c1-4-7-11(3)8-6-10(5-2)9-11/h4-6,8,10H,1-2,7,9H2,3H3. The Hall–Kier alpha value is -0.780. The molecular weight excluding hydrogens is 132 g/mol. The zero-order valence-electron chi connectivity index (χ0n) is 7.22. The SMILES string of the molecule is C=CCC1(C)C=CC(C=C)C1. The number of hydrogen-bond donors (Lipinski definition) is 0. The minimum atomic E-state index is 0.348. The van der Waals surface area contributed by atoms with Gasteiger partial charge in [-0.25, -0.2) is 0 Å². The summed E-state index contributed by atoms with van der Waals surface area (Å²) < 4.78 is 0. The summed E-state index contributed by atoms with van der Waals surface area (Å²) in [5.41, 5.74) is 0.348. The van der Waals surface area contributed by atoms with Gasteiger partial charge < -0.3 is 0 Å². The van der Waals surface area contributed by atoms with Crippen LogP contribution in [0.3, 0.4) is 0 Å². The van der Waals surface area contributed by atoms with Gasteiger partial charge in [0.05, 0.1) is 0 Å². The fourth-order valence-corrected chi connectivity index (χ4v) is 1.67. The summed E-state index contributed by atoms with van der Waals surface area (Å²) >= 11 is 0. The molecule has 0 N–H and O–H groups in total. The second-order valence-corrected chi connectivity index (χ2v) is 3.61. The molecule has 1 aliphatic rings. The van der Waals surface area contributed by atoms with Gasteiger partial charge in [-0.2, -0.15) is 0 Å². The maximum absolute atomic E-state index is 3.79. The van der Waals surface area contributed by atoms with E-state index in [-0.39, 0.29) is 0 Å². The minimum absolute atomic E-state index is 0.348. The van der Waals surface area contributed by atoms with Crippen molar-refractivity contribution in [2.45, 2.75) is 19.8 Å². The van der Waals surface area contributed by atoms with Crippen molar-refractivity contribution in [1.29, 1.82) is 0 Å². The van der Waals surface area contributed by atoms with Crippen LogP contribution in [0, 0.1) is 11.3 Å². The van der Waals surface area contributed by atoms with Crippen LogP contribution in [0.1, 0.15) is 19.8 Å². The molecule has 0 amide bonds. The molecule has 2 unspecified atom stereocenters. The van der Waals surface area contributed by atoms with Crippen LogP contribution in [-0.4, -0.2) is 0 Å². The van der Waals surface area contributed by atoms with Gasteiger partial charge in [-0.05, 0) is 24.2 Å². The molecule has 1 rings (SSSR count). The average molecular weight is 148 g/mol. The third kappa shape index (κ3) is 1.83. The Balaban J connectivity index is 2.58. The first-order valence-electron chi connectivity index (χ1n) is 4.13. The van der Waals surface area contributed by atoms with Gasteiger partial charge in [-0.1, -0.05) is 31.2 Å². The molecule has 0 heterocycles. The predicted molar refractivity (Wildman–Crippen MR) is 50.4 cm³/mol. The maximum atomic E-state index is 3.79. The van der Waals surface area contributed by atoms with Gasteiger partial charge in [0.25, 0.3) is 0 Å². The van der Waals surface area contributed by atoms with Crippen molar-refractivity contribution in [3.05, 3.63) is 37.5 Å². The molecule has 0 saturated carbocycles. The molecule has 0 radical (unpaired) electrons. The fourth-order valence-electron chi connectivity index (χ4n) is 1.67. The molecule has 0 bridgehead atoms. The van der Waals surface area contributed by atoms with Gasteiger partial charge in [0.15, 0.2) is 0 Å². The van der Waals surface area contributed by atoms with E-state index in [9.17, 15) is 0 Å². The average Bonchev–Trinajstić information content (AvgIpc) is 2.33. The van der Waals surface area contributed by atoms with Gasteiger partial charge in [0, 0.05) is 0 Å². The van der Waals surface area contributed by atoms with Gasteiger partial charge in [-0.15, -0.1) is 13.2 Å². The number of hydrogen-bond acceptors (Lipinski definition) is 0. The van der Waals surface area contributed by atoms with Crippen LogP contribution in [0.15, 0.2) is 37.5 Å². The van der Waals surface area contributed by atoms with Crippen molar-refractivity contribution < 1.29 is 0 Å². The molecule has 0 heteroatoms. The van der Waals surface area contributed by atoms with Gasteiger partial charge >= 0.3 is 0 Å². The fraction of sp³-hybridized carbons (Fsp3) is 0.455. The van der Waals surface area contributed by atoms with Gasteiger partial charge in [0.1, 0.15) is 0 Å². The quantitative estimate of drug-likeness (QED) is 0.538. The van der Waals surface area contributed by atoms with E-state index in [0.717, 1.165) is 6.42 Å². The van der Waals surface area contributed by atoms with E-state index in [4.69, 9.17) is 0 Å². The lowest BCUT2D eigenvalue weighted by molar-refractivity contribution is 0.400. The van der Waals surface area contributed by atoms with Crippen molar-refractivity contribution in [2.75, 3.05) is 0 Å². The summed E-state index contributed by atoms with van der Waals surface area (Å²) in [4.78, 5) is 0. The molecular formula is C11H16. The zero-order chi connectivity index (χ0) is 8.32. The highest BCUT2D eigenvalue weighted by Crippen LogP contribution is 2.38. The molecule has 0 nitrogen and oxygen atoms in total. The van der Waals surface area contributed by atoms with E-state index in [1.807, 2.05) is 12.2 Å². The molecule has 0 fully saturated rings. The normalized spacial score (nSPS) is 35.5. The first-order valence-corrected chi connectivity index (χ1v) is 4.13. The monoisotopic (exact) mass is 148 g/mol. The smallest absolute Gasteiger partial charge is 0.00477 e. The third-order valence-corrected chi connectivity index (χ3v) is 2.36. The lowest BCUT2D eigenvalue weighted by Crippen LogP contribution is -2.09. The summed E-state index contributed by atoms with van der Waals surface area (Å²) in [7, 11) is 0. The zero-order valence-corrected chi connectivity index (χ0v) is 7.22. The second-order valence-electron chi connectivity index (χ2n) is 3.61. The van der Waals surface area contributed by atoms with Crippen LogP contribution in [0.2, 0.25) is 0 Å². The summed E-state index contributed by atoms with van der Waals surface area (Å²) in [6, 6.07) is 0. The Morgan fingerprint density at radius 3 is 2.82 bits per heavy atom. The first kappa shape index (κ1) is 8.32. The van der Waals surface area contributed by atoms with Crippen LogP contribution < -0.4 is 0 Å². The van der Waals surface area contributed by atoms with Gasteiger partial charge in [-0.3, -0.25) is 0 Å². The Morgan fingerprint density at radius 1 is 1.64 bits per heavy atom. The van der Waals surface area contributed by atoms with Crippen LogP contribution in [0.5, 0.6) is 0 Å². The van der Waals surface area contributed by atoms with Crippen LogP contribution in [-0.2, 0) is 0 Å². The summed E-state index contributed by atoms with van der Waals surface area (Å²) in [5.74, 6) is 0.583. The largest absolute Gasteiger partial charge is 0.103 e. The minimum Gasteiger partial charge on any atom is -0.103 e. The predicted octanol–water partition coefficient (Wildman–Crippen LogP) is 3.33. The van der Waals surface area contributed by atoms with Crippen molar-refractivity contribution in [1.82, 2.24) is 0 Å². The molecule has 0 saturated heterocycles. The van der Waals surface area contributed by atoms with E-state index >= 15 is 0 Å². The number of rotatable bonds is 3. The molecule has 0 aliphatic heterocycles. The van der Waals surface area contributed by atoms with Crippen LogP contribution in [0.25, 0.3) is 0 Å². The van der Waals surface area contributed by atoms with Gasteiger partial charge in [0.2, 0.25) is 0 Å². The number of allylic oxidation sites excluding steroid dienone is 4. The molecule has 0 aromatic carbocycles. The summed E-state index contributed by atoms with van der Waals surface area (Å²) in [5, 5.41) is 0. The molecule has 1 aliphatic carbocycles. The summed E-state index contributed by atoms with van der Waals surface area (Å²) in [6.07, 6.45) is 10.8. The lowest BCUT2D eigenvalue weighted by atomic mass is 9.84. The van der Waals surface area contributed by atoms with E-state index in [2.05, 4.69) is 32.2 Å². The van der Waals surface area contributed by atoms with E-state index in [0.29, 0.717) is 11.3 Å². The first-order chi connectivity index (χ1) is 5.20. The molecule has 0 spiro atoms. The highest BCUT2D eigenvalue weighted by atomic mass is 14.3. The lowest BCUT2D eigenvalue weighted by Gasteiger charge is -2.20. The molecule has 2 atom stereocenters. The Morgan fingerprint density at radius 2 is 2.36 bits per heavy atom. The van der Waals surface area contributed by atoms with Crippen LogP contribution in [0.4, 0.5) is 0 Å². The van der Waals surface area contributed by atoms with Crippen molar-refractivity contribution >= 4 is 0 Å². The van der Waals surface area contributed by atoms with E-state index < -0.39 is 0 Å². The molecule has 11 heavy (non-hydrogen) atoms. The Labute approximate surface area is 69.3 Å². The molecule has 0 aromatic heterocycles. The van der Waals surface area contributed by atoms with Crippen LogP contribution >= 0.6 is 0 Å². The maximum Gasteiger partial charge on any atom is -0.00477 e. The summed E-state index contributed by atoms with van der Waals surface area (Å²) in [6.45, 7) is 9.82.